The predicted octanol–water partition coefficient (Wildman–Crippen LogP) is 4.92. The minimum Gasteiger partial charge on any atom is -0.507 e. The second-order valence-electron chi connectivity index (χ2n) is 6.65. The van der Waals surface area contributed by atoms with Gasteiger partial charge in [0.25, 0.3) is 0 Å². The highest BCUT2D eigenvalue weighted by Gasteiger charge is 2.14. The van der Waals surface area contributed by atoms with Crippen LogP contribution in [0.4, 0.5) is 11.4 Å². The molecular formula is C25H20N2O6. The van der Waals surface area contributed by atoms with Crippen LogP contribution in [0.1, 0.15) is 26.3 Å². The summed E-state index contributed by atoms with van der Waals surface area (Å²) in [4.78, 5) is 35.6. The Hall–Kier alpha value is -4.59. The lowest BCUT2D eigenvalue weighted by Crippen LogP contribution is -2.12. The van der Waals surface area contributed by atoms with Crippen LogP contribution in [0.25, 0.3) is 0 Å². The molecule has 1 N–H and O–H groups in total. The average Bonchev–Trinajstić information content (AvgIpc) is 2.86. The van der Waals surface area contributed by atoms with Gasteiger partial charge >= 0.3 is 11.9 Å². The maximum atomic E-state index is 12.6. The third-order valence-electron chi connectivity index (χ3n) is 4.37. The lowest BCUT2D eigenvalue weighted by Gasteiger charge is -2.05. The zero-order valence-electron chi connectivity index (χ0n) is 17.5. The summed E-state index contributed by atoms with van der Waals surface area (Å²) >= 11 is 0. The van der Waals surface area contributed by atoms with E-state index in [-0.39, 0.29) is 30.3 Å². The van der Waals surface area contributed by atoms with Crippen LogP contribution in [0.3, 0.4) is 0 Å². The van der Waals surface area contributed by atoms with Crippen LogP contribution in [0.5, 0.6) is 5.75 Å². The minimum absolute atomic E-state index is 0.0652. The van der Waals surface area contributed by atoms with E-state index in [1.165, 1.54) is 30.3 Å². The van der Waals surface area contributed by atoms with Gasteiger partial charge < -0.3 is 14.6 Å². The molecule has 0 bridgehead atoms. The second-order valence-corrected chi connectivity index (χ2v) is 6.65. The van der Waals surface area contributed by atoms with E-state index in [1.807, 2.05) is 0 Å². The molecule has 3 aromatic carbocycles. The first kappa shape index (κ1) is 23.1. The summed E-state index contributed by atoms with van der Waals surface area (Å²) in [5.41, 5.74) is 1.71. The fourth-order valence-corrected chi connectivity index (χ4v) is 2.71. The fraction of sp³-hybridized carbons (Fsp3) is 0.0800. The van der Waals surface area contributed by atoms with Crippen LogP contribution in [0.2, 0.25) is 0 Å². The van der Waals surface area contributed by atoms with Gasteiger partial charge in [0.05, 0.1) is 22.5 Å². The number of carbonyl (C=O) groups excluding carboxylic acids is 3. The number of rotatable bonds is 9. The van der Waals surface area contributed by atoms with Crippen molar-refractivity contribution in [1.29, 1.82) is 0 Å². The lowest BCUT2D eigenvalue weighted by molar-refractivity contribution is -0.138. The number of azo groups is 1. The van der Waals surface area contributed by atoms with Crippen LogP contribution in [0, 0.1) is 0 Å². The third kappa shape index (κ3) is 6.44. The smallest absolute Gasteiger partial charge is 0.338 e. The Morgan fingerprint density at radius 2 is 1.45 bits per heavy atom. The molecule has 0 aliphatic heterocycles. The Morgan fingerprint density at radius 3 is 2.15 bits per heavy atom. The quantitative estimate of drug-likeness (QED) is 0.165. The number of aromatic hydroxyl groups is 1. The van der Waals surface area contributed by atoms with E-state index in [0.29, 0.717) is 22.5 Å². The Labute approximate surface area is 189 Å². The molecule has 3 aromatic rings. The number of ketones is 1. The first-order chi connectivity index (χ1) is 16.0. The molecule has 8 heteroatoms. The molecule has 0 atom stereocenters. The number of ether oxygens (including phenoxy) is 2. The molecular weight excluding hydrogens is 424 g/mol. The van der Waals surface area contributed by atoms with Gasteiger partial charge in [-0.15, -0.1) is 0 Å². The van der Waals surface area contributed by atoms with Crippen molar-refractivity contribution in [1.82, 2.24) is 0 Å². The molecule has 0 heterocycles. The molecule has 0 unspecified atom stereocenters. The van der Waals surface area contributed by atoms with Crippen LogP contribution in [-0.4, -0.2) is 36.0 Å². The summed E-state index contributed by atoms with van der Waals surface area (Å²) in [5.74, 6) is -1.64. The second kappa shape index (κ2) is 11.1. The highest BCUT2D eigenvalue weighted by atomic mass is 16.6. The minimum atomic E-state index is -0.592. The van der Waals surface area contributed by atoms with Gasteiger partial charge in [0.15, 0.2) is 5.78 Å². The van der Waals surface area contributed by atoms with E-state index in [9.17, 15) is 19.5 Å². The monoisotopic (exact) mass is 444 g/mol. The number of phenolic OH excluding ortho intramolecular Hbond substituents is 1. The van der Waals surface area contributed by atoms with Crippen molar-refractivity contribution >= 4 is 29.1 Å². The summed E-state index contributed by atoms with van der Waals surface area (Å²) in [7, 11) is 0. The van der Waals surface area contributed by atoms with Crippen molar-refractivity contribution < 1.29 is 29.0 Å². The third-order valence-corrected chi connectivity index (χ3v) is 4.37. The van der Waals surface area contributed by atoms with Crippen LogP contribution < -0.4 is 0 Å². The molecule has 0 aliphatic rings. The normalized spacial score (nSPS) is 10.5. The summed E-state index contributed by atoms with van der Waals surface area (Å²) in [5, 5.41) is 18.3. The maximum Gasteiger partial charge on any atom is 0.338 e. The van der Waals surface area contributed by atoms with Gasteiger partial charge in [0.2, 0.25) is 0 Å². The number of phenols is 1. The van der Waals surface area contributed by atoms with E-state index in [0.717, 1.165) is 6.08 Å². The van der Waals surface area contributed by atoms with Crippen LogP contribution >= 0.6 is 0 Å². The molecule has 0 aliphatic carbocycles. The van der Waals surface area contributed by atoms with Gasteiger partial charge in [-0.05, 0) is 42.5 Å². The van der Waals surface area contributed by atoms with E-state index in [2.05, 4.69) is 16.8 Å². The largest absolute Gasteiger partial charge is 0.507 e. The van der Waals surface area contributed by atoms with Gasteiger partial charge in [-0.3, -0.25) is 4.79 Å². The molecule has 3 rings (SSSR count). The Bertz CT molecular complexity index is 1190. The maximum absolute atomic E-state index is 12.6. The number of benzene rings is 3. The summed E-state index contributed by atoms with van der Waals surface area (Å²) in [6.07, 6.45) is 1.02. The number of carbonyl (C=O) groups is 3. The van der Waals surface area contributed by atoms with Crippen molar-refractivity contribution in [2.24, 2.45) is 10.2 Å². The van der Waals surface area contributed by atoms with Gasteiger partial charge in [-0.1, -0.05) is 36.9 Å². The summed E-state index contributed by atoms with van der Waals surface area (Å²) < 4.78 is 9.74. The first-order valence-corrected chi connectivity index (χ1v) is 9.89. The molecule has 0 amide bonds. The van der Waals surface area contributed by atoms with Gasteiger partial charge in [0.1, 0.15) is 19.0 Å². The molecule has 0 saturated carbocycles. The Kier molecular flexibility index (Phi) is 7.80. The van der Waals surface area contributed by atoms with E-state index < -0.39 is 11.9 Å². The van der Waals surface area contributed by atoms with E-state index in [4.69, 9.17) is 9.47 Å². The van der Waals surface area contributed by atoms with Crippen molar-refractivity contribution in [2.45, 2.75) is 0 Å². The number of hydrogen-bond donors (Lipinski definition) is 1. The predicted molar refractivity (Wildman–Crippen MR) is 120 cm³/mol. The lowest BCUT2D eigenvalue weighted by atomic mass is 10.0. The van der Waals surface area contributed by atoms with Crippen molar-refractivity contribution in [2.75, 3.05) is 13.2 Å². The van der Waals surface area contributed by atoms with Crippen LogP contribution in [-0.2, 0) is 14.3 Å². The average molecular weight is 444 g/mol. The number of esters is 2. The molecule has 0 spiro atoms. The number of hydrogen-bond acceptors (Lipinski definition) is 8. The molecule has 33 heavy (non-hydrogen) atoms. The molecule has 0 aromatic heterocycles. The van der Waals surface area contributed by atoms with Crippen molar-refractivity contribution in [3.63, 3.8) is 0 Å². The molecule has 0 radical (unpaired) electrons. The van der Waals surface area contributed by atoms with E-state index in [1.54, 1.807) is 42.5 Å². The van der Waals surface area contributed by atoms with Gasteiger partial charge in [0, 0.05) is 11.6 Å². The number of nitrogens with zero attached hydrogens (tertiary/aromatic N) is 2. The zero-order chi connectivity index (χ0) is 23.6. The Balaban J connectivity index is 1.63. The van der Waals surface area contributed by atoms with Gasteiger partial charge in [-0.2, -0.15) is 10.2 Å². The van der Waals surface area contributed by atoms with Crippen molar-refractivity contribution in [3.05, 3.63) is 102 Å². The molecule has 0 fully saturated rings. The molecule has 8 nitrogen and oxygen atoms in total. The SMILES string of the molecule is C=CC(=O)OCCOC(=O)c1ccc(/N=N/c2ccc(O)c(C(=O)c3ccccc3)c2)cc1. The highest BCUT2D eigenvalue weighted by molar-refractivity contribution is 6.11. The fourth-order valence-electron chi connectivity index (χ4n) is 2.71. The summed E-state index contributed by atoms with van der Waals surface area (Å²) in [6, 6.07) is 19.2. The van der Waals surface area contributed by atoms with Crippen molar-refractivity contribution in [3.8, 4) is 5.75 Å². The zero-order valence-corrected chi connectivity index (χ0v) is 17.5. The highest BCUT2D eigenvalue weighted by Crippen LogP contribution is 2.27. The van der Waals surface area contributed by atoms with Gasteiger partial charge in [-0.25, -0.2) is 9.59 Å². The van der Waals surface area contributed by atoms with E-state index >= 15 is 0 Å². The standard InChI is InChI=1S/C25H20N2O6/c1-2-23(29)32-14-15-33-25(31)18-8-10-19(11-9-18)26-27-20-12-13-22(28)21(16-20)24(30)17-6-4-3-5-7-17/h2-13,16,28H,1,14-15H2/b27-26+. The first-order valence-electron chi connectivity index (χ1n) is 9.89. The van der Waals surface area contributed by atoms with Crippen LogP contribution in [0.15, 0.2) is 95.7 Å². The summed E-state index contributed by atoms with van der Waals surface area (Å²) in [6.45, 7) is 3.12. The molecule has 166 valence electrons. The topological polar surface area (TPSA) is 115 Å². The molecule has 0 saturated heterocycles. The Morgan fingerprint density at radius 1 is 0.818 bits per heavy atom.